The highest BCUT2D eigenvalue weighted by Crippen LogP contribution is 2.13. The van der Waals surface area contributed by atoms with Crippen molar-refractivity contribution in [3.8, 4) is 0 Å². The molecule has 4 rings (SSSR count). The first kappa shape index (κ1) is 19.8. The number of H-pyrrole nitrogens is 1. The molecule has 0 spiro atoms. The number of nitrogens with one attached hydrogen (secondary N) is 3. The largest absolute Gasteiger partial charge is 0.328 e. The molecule has 4 aromatic rings. The summed E-state index contributed by atoms with van der Waals surface area (Å²) in [6.07, 6.45) is 1.39. The lowest BCUT2D eigenvalue weighted by Gasteiger charge is -2.12. The van der Waals surface area contributed by atoms with Crippen molar-refractivity contribution in [2.45, 2.75) is 6.54 Å². The van der Waals surface area contributed by atoms with Crippen molar-refractivity contribution in [3.63, 3.8) is 0 Å². The van der Waals surface area contributed by atoms with Crippen molar-refractivity contribution in [3.05, 3.63) is 110 Å². The Morgan fingerprint density at radius 2 is 1.52 bits per heavy atom. The van der Waals surface area contributed by atoms with Crippen LogP contribution in [0, 0.1) is 0 Å². The molecule has 2 amide bonds. The second-order valence-electron chi connectivity index (χ2n) is 6.66. The maximum atomic E-state index is 12.9. The third-order valence-corrected chi connectivity index (χ3v) is 4.61. The monoisotopic (exact) mass is 415 g/mol. The molecule has 0 saturated heterocycles. The van der Waals surface area contributed by atoms with E-state index in [2.05, 4.69) is 20.9 Å². The van der Waals surface area contributed by atoms with E-state index < -0.39 is 17.4 Å². The van der Waals surface area contributed by atoms with Gasteiger partial charge in [0, 0.05) is 11.6 Å². The zero-order valence-electron chi connectivity index (χ0n) is 16.2. The van der Waals surface area contributed by atoms with Gasteiger partial charge in [-0.2, -0.15) is 5.10 Å². The van der Waals surface area contributed by atoms with Gasteiger partial charge < -0.3 is 4.98 Å². The average Bonchev–Trinajstić information content (AvgIpc) is 2.80. The number of hydrazine groups is 1. The number of fused-ring (bicyclic) bond motifs is 1. The first-order valence-corrected chi connectivity index (χ1v) is 9.37. The Hall–Kier alpha value is -4.53. The van der Waals surface area contributed by atoms with Crippen molar-refractivity contribution in [2.24, 2.45) is 0 Å². The summed E-state index contributed by atoms with van der Waals surface area (Å²) in [5, 5.41) is 4.91. The van der Waals surface area contributed by atoms with Crippen LogP contribution in [0.5, 0.6) is 0 Å². The third-order valence-electron chi connectivity index (χ3n) is 4.61. The number of pyridine rings is 1. The van der Waals surface area contributed by atoms with E-state index in [9.17, 15) is 19.2 Å². The number of rotatable bonds is 4. The van der Waals surface area contributed by atoms with E-state index in [1.54, 1.807) is 24.3 Å². The van der Waals surface area contributed by atoms with Crippen LogP contribution in [0.4, 0.5) is 0 Å². The summed E-state index contributed by atoms with van der Waals surface area (Å²) in [6.45, 7) is 0.177. The zero-order valence-corrected chi connectivity index (χ0v) is 16.2. The molecular formula is C22H17N5O4. The highest BCUT2D eigenvalue weighted by molar-refractivity contribution is 6.05. The molecule has 0 aliphatic rings. The number of carbonyl (C=O) groups excluding carboxylic acids is 2. The molecule has 31 heavy (non-hydrogen) atoms. The number of aromatic nitrogens is 3. The minimum Gasteiger partial charge on any atom is -0.328 e. The first-order valence-electron chi connectivity index (χ1n) is 9.37. The Kier molecular flexibility index (Phi) is 5.39. The zero-order chi connectivity index (χ0) is 21.8. The molecule has 0 bridgehead atoms. The molecule has 0 radical (unpaired) electrons. The lowest BCUT2D eigenvalue weighted by atomic mass is 10.1. The second kappa shape index (κ2) is 8.46. The lowest BCUT2D eigenvalue weighted by Crippen LogP contribution is -2.44. The molecule has 3 N–H and O–H groups in total. The number of hydrogen-bond acceptors (Lipinski definition) is 5. The van der Waals surface area contributed by atoms with Crippen LogP contribution in [0.1, 0.15) is 26.4 Å². The number of amides is 2. The van der Waals surface area contributed by atoms with Gasteiger partial charge in [0.25, 0.3) is 22.9 Å². The smallest absolute Gasteiger partial charge is 0.290 e. The summed E-state index contributed by atoms with van der Waals surface area (Å²) in [5.41, 5.74) is 4.18. The highest BCUT2D eigenvalue weighted by Gasteiger charge is 2.18. The van der Waals surface area contributed by atoms with E-state index in [0.29, 0.717) is 10.8 Å². The Morgan fingerprint density at radius 3 is 2.26 bits per heavy atom. The molecule has 2 heterocycles. The molecule has 9 nitrogen and oxygen atoms in total. The number of aromatic amines is 1. The van der Waals surface area contributed by atoms with Crippen LogP contribution in [-0.2, 0) is 6.54 Å². The normalized spacial score (nSPS) is 10.6. The summed E-state index contributed by atoms with van der Waals surface area (Å²) in [4.78, 5) is 52.0. The average molecular weight is 415 g/mol. The fourth-order valence-electron chi connectivity index (χ4n) is 3.11. The Morgan fingerprint density at radius 1 is 0.839 bits per heavy atom. The molecule has 9 heteroatoms. The van der Waals surface area contributed by atoms with Crippen LogP contribution in [-0.4, -0.2) is 26.6 Å². The van der Waals surface area contributed by atoms with Gasteiger partial charge in [-0.15, -0.1) is 0 Å². The van der Waals surface area contributed by atoms with Crippen molar-refractivity contribution in [1.29, 1.82) is 0 Å². The maximum Gasteiger partial charge on any atom is 0.290 e. The van der Waals surface area contributed by atoms with Gasteiger partial charge in [0.1, 0.15) is 5.56 Å². The molecule has 154 valence electrons. The van der Waals surface area contributed by atoms with Crippen molar-refractivity contribution < 1.29 is 9.59 Å². The van der Waals surface area contributed by atoms with Gasteiger partial charge in [0.05, 0.1) is 11.9 Å². The topological polar surface area (TPSA) is 126 Å². The summed E-state index contributed by atoms with van der Waals surface area (Å²) in [6, 6.07) is 18.7. The molecule has 0 unspecified atom stereocenters. The predicted octanol–water partition coefficient (Wildman–Crippen LogP) is 1.21. The van der Waals surface area contributed by atoms with Crippen LogP contribution in [0.2, 0.25) is 0 Å². The van der Waals surface area contributed by atoms with Gasteiger partial charge in [0.15, 0.2) is 5.69 Å². The first-order chi connectivity index (χ1) is 15.0. The molecule has 0 fully saturated rings. The van der Waals surface area contributed by atoms with Crippen molar-refractivity contribution >= 4 is 22.6 Å². The van der Waals surface area contributed by atoms with Crippen LogP contribution in [0.25, 0.3) is 10.8 Å². The quantitative estimate of drug-likeness (QED) is 0.432. The third kappa shape index (κ3) is 4.10. The minimum absolute atomic E-state index is 0.0339. The van der Waals surface area contributed by atoms with E-state index in [1.807, 2.05) is 30.3 Å². The maximum absolute atomic E-state index is 12.9. The van der Waals surface area contributed by atoms with E-state index in [1.165, 1.54) is 23.0 Å². The molecule has 0 atom stereocenters. The van der Waals surface area contributed by atoms with E-state index >= 15 is 0 Å². The fraction of sp³-hybridized carbons (Fsp3) is 0.0455. The van der Waals surface area contributed by atoms with Gasteiger partial charge >= 0.3 is 0 Å². The van der Waals surface area contributed by atoms with Crippen LogP contribution >= 0.6 is 0 Å². The molecule has 2 aromatic carbocycles. The predicted molar refractivity (Wildman–Crippen MR) is 114 cm³/mol. The number of hydrogen-bond donors (Lipinski definition) is 3. The van der Waals surface area contributed by atoms with E-state index in [-0.39, 0.29) is 23.4 Å². The molecule has 0 aliphatic heterocycles. The van der Waals surface area contributed by atoms with Gasteiger partial charge in [0.2, 0.25) is 0 Å². The summed E-state index contributed by atoms with van der Waals surface area (Å²) >= 11 is 0. The van der Waals surface area contributed by atoms with Gasteiger partial charge in [-0.1, -0.05) is 48.5 Å². The van der Waals surface area contributed by atoms with Crippen LogP contribution in [0.15, 0.2) is 82.5 Å². The molecule has 0 saturated carbocycles. The summed E-state index contributed by atoms with van der Waals surface area (Å²) in [7, 11) is 0. The Balaban J connectivity index is 1.66. The van der Waals surface area contributed by atoms with Crippen LogP contribution < -0.4 is 22.0 Å². The van der Waals surface area contributed by atoms with Crippen LogP contribution in [0.3, 0.4) is 0 Å². The molecule has 0 aliphatic carbocycles. The summed E-state index contributed by atoms with van der Waals surface area (Å²) in [5.74, 6) is -1.50. The standard InChI is InChI=1S/C22H17N5O4/c28-19-17(11-6-12-23-19)20(29)24-25-21(30)18-15-9-4-5-10-16(15)22(31)27(26-18)13-14-7-2-1-3-8-14/h1-12H,13H2,(H,23,28)(H,24,29)(H,25,30). The fourth-order valence-corrected chi connectivity index (χ4v) is 3.11. The Bertz CT molecular complexity index is 1390. The van der Waals surface area contributed by atoms with Gasteiger partial charge in [-0.3, -0.25) is 30.0 Å². The van der Waals surface area contributed by atoms with Gasteiger partial charge in [-0.05, 0) is 23.8 Å². The number of benzene rings is 2. The Labute approximate surface area is 175 Å². The minimum atomic E-state index is -0.780. The second-order valence-corrected chi connectivity index (χ2v) is 6.66. The lowest BCUT2D eigenvalue weighted by molar-refractivity contribution is 0.0843. The SMILES string of the molecule is O=C(NNC(=O)c1nn(Cc2ccccc2)c(=O)c2ccccc12)c1ccc[nH]c1=O. The number of carbonyl (C=O) groups is 2. The van der Waals surface area contributed by atoms with Crippen molar-refractivity contribution in [2.75, 3.05) is 0 Å². The van der Waals surface area contributed by atoms with E-state index in [0.717, 1.165) is 5.56 Å². The molecular weight excluding hydrogens is 398 g/mol. The van der Waals surface area contributed by atoms with E-state index in [4.69, 9.17) is 0 Å². The summed E-state index contributed by atoms with van der Waals surface area (Å²) < 4.78 is 1.20. The van der Waals surface area contributed by atoms with Crippen molar-refractivity contribution in [1.82, 2.24) is 25.6 Å². The molecule has 2 aromatic heterocycles. The van der Waals surface area contributed by atoms with Gasteiger partial charge in [-0.25, -0.2) is 4.68 Å². The highest BCUT2D eigenvalue weighted by atomic mass is 16.2. The number of nitrogens with zero attached hydrogens (tertiary/aromatic N) is 2.